The Hall–Kier alpha value is -1.41. The lowest BCUT2D eigenvalue weighted by molar-refractivity contribution is 0.185. The zero-order valence-electron chi connectivity index (χ0n) is 11.7. The van der Waals surface area contributed by atoms with Crippen molar-refractivity contribution in [3.8, 4) is 0 Å². The predicted molar refractivity (Wildman–Crippen MR) is 85.0 cm³/mol. The van der Waals surface area contributed by atoms with Gasteiger partial charge in [-0.25, -0.2) is 8.42 Å². The molecule has 0 saturated heterocycles. The van der Waals surface area contributed by atoms with E-state index in [1.807, 2.05) is 6.07 Å². The van der Waals surface area contributed by atoms with Gasteiger partial charge in [0.1, 0.15) is 4.21 Å². The van der Waals surface area contributed by atoms with E-state index in [2.05, 4.69) is 4.72 Å². The van der Waals surface area contributed by atoms with Crippen molar-refractivity contribution in [2.24, 2.45) is 5.73 Å². The van der Waals surface area contributed by atoms with Crippen molar-refractivity contribution < 1.29 is 13.2 Å². The maximum Gasteiger partial charge on any atom is 0.271 e. The van der Waals surface area contributed by atoms with Crippen molar-refractivity contribution in [3.05, 3.63) is 46.8 Å². The number of benzene rings is 1. The largest absolute Gasteiger partial charge is 0.380 e. The molecule has 0 spiro atoms. The maximum atomic E-state index is 12.3. The SMILES string of the molecule is COCc1cccc(NS(=O)(=O)c2ccc(CCN)s2)c1. The molecule has 114 valence electrons. The molecule has 2 rings (SSSR count). The predicted octanol–water partition coefficient (Wildman–Crippen LogP) is 2.20. The summed E-state index contributed by atoms with van der Waals surface area (Å²) in [5, 5.41) is 0. The van der Waals surface area contributed by atoms with Gasteiger partial charge in [0, 0.05) is 17.7 Å². The molecule has 0 aliphatic carbocycles. The van der Waals surface area contributed by atoms with E-state index in [-0.39, 0.29) is 0 Å². The van der Waals surface area contributed by atoms with Crippen molar-refractivity contribution in [2.45, 2.75) is 17.2 Å². The molecule has 0 bridgehead atoms. The molecule has 1 heterocycles. The Morgan fingerprint density at radius 3 is 2.81 bits per heavy atom. The summed E-state index contributed by atoms with van der Waals surface area (Å²) < 4.78 is 32.6. The molecule has 0 aliphatic rings. The van der Waals surface area contributed by atoms with Crippen molar-refractivity contribution >= 4 is 27.0 Å². The smallest absolute Gasteiger partial charge is 0.271 e. The minimum absolute atomic E-state index is 0.295. The molecule has 3 N–H and O–H groups in total. The number of hydrogen-bond donors (Lipinski definition) is 2. The lowest BCUT2D eigenvalue weighted by atomic mass is 10.2. The van der Waals surface area contributed by atoms with Gasteiger partial charge in [-0.2, -0.15) is 0 Å². The first-order valence-corrected chi connectivity index (χ1v) is 8.74. The second-order valence-corrected chi connectivity index (χ2v) is 7.58. The molecule has 0 radical (unpaired) electrons. The molecular weight excluding hydrogens is 308 g/mol. The number of nitrogens with one attached hydrogen (secondary N) is 1. The fourth-order valence-electron chi connectivity index (χ4n) is 1.88. The molecule has 0 atom stereocenters. The summed E-state index contributed by atoms with van der Waals surface area (Å²) in [7, 11) is -1.96. The number of thiophene rings is 1. The lowest BCUT2D eigenvalue weighted by Crippen LogP contribution is -2.11. The topological polar surface area (TPSA) is 81.4 Å². The summed E-state index contributed by atoms with van der Waals surface area (Å²) in [6.07, 6.45) is 0.684. The first kappa shape index (κ1) is 16.0. The van der Waals surface area contributed by atoms with Gasteiger partial charge in [0.15, 0.2) is 0 Å². The molecule has 2 aromatic rings. The molecule has 1 aromatic heterocycles. The Labute approximate surface area is 128 Å². The highest BCUT2D eigenvalue weighted by Gasteiger charge is 2.17. The monoisotopic (exact) mass is 326 g/mol. The summed E-state index contributed by atoms with van der Waals surface area (Å²) in [5.41, 5.74) is 6.91. The highest BCUT2D eigenvalue weighted by Crippen LogP contribution is 2.24. The van der Waals surface area contributed by atoms with Crippen LogP contribution in [0.3, 0.4) is 0 Å². The first-order chi connectivity index (χ1) is 10.0. The Morgan fingerprint density at radius 1 is 1.29 bits per heavy atom. The molecule has 5 nitrogen and oxygen atoms in total. The van der Waals surface area contributed by atoms with E-state index in [1.54, 1.807) is 37.4 Å². The fourth-order valence-corrected chi connectivity index (χ4v) is 4.30. The molecule has 1 aromatic carbocycles. The van der Waals surface area contributed by atoms with Crippen LogP contribution >= 0.6 is 11.3 Å². The fraction of sp³-hybridized carbons (Fsp3) is 0.286. The van der Waals surface area contributed by atoms with E-state index in [4.69, 9.17) is 10.5 Å². The number of ether oxygens (including phenoxy) is 1. The normalized spacial score (nSPS) is 11.5. The Morgan fingerprint density at radius 2 is 2.10 bits per heavy atom. The number of hydrogen-bond acceptors (Lipinski definition) is 5. The van der Waals surface area contributed by atoms with E-state index in [1.165, 1.54) is 11.3 Å². The van der Waals surface area contributed by atoms with Crippen LogP contribution in [0.25, 0.3) is 0 Å². The maximum absolute atomic E-state index is 12.3. The van der Waals surface area contributed by atoms with Gasteiger partial charge in [-0.05, 0) is 42.8 Å². The van der Waals surface area contributed by atoms with Crippen molar-refractivity contribution in [2.75, 3.05) is 18.4 Å². The molecule has 0 unspecified atom stereocenters. The molecule has 0 fully saturated rings. The van der Waals surface area contributed by atoms with Crippen LogP contribution < -0.4 is 10.5 Å². The number of rotatable bonds is 7. The number of nitrogens with two attached hydrogens (primary N) is 1. The van der Waals surface area contributed by atoms with Crippen LogP contribution in [-0.4, -0.2) is 22.1 Å². The highest BCUT2D eigenvalue weighted by molar-refractivity contribution is 7.94. The van der Waals surface area contributed by atoms with Crippen molar-refractivity contribution in [1.82, 2.24) is 0 Å². The van der Waals surface area contributed by atoms with Crippen LogP contribution in [0.5, 0.6) is 0 Å². The van der Waals surface area contributed by atoms with Crippen LogP contribution in [0.1, 0.15) is 10.4 Å². The van der Waals surface area contributed by atoms with E-state index >= 15 is 0 Å². The Balaban J connectivity index is 2.18. The van der Waals surface area contributed by atoms with Crippen LogP contribution in [0, 0.1) is 0 Å². The van der Waals surface area contributed by atoms with Crippen molar-refractivity contribution in [1.29, 1.82) is 0 Å². The third-order valence-corrected chi connectivity index (χ3v) is 5.80. The first-order valence-electron chi connectivity index (χ1n) is 6.44. The van der Waals surface area contributed by atoms with E-state index in [9.17, 15) is 8.42 Å². The van der Waals surface area contributed by atoms with E-state index in [0.29, 0.717) is 29.5 Å². The number of methoxy groups -OCH3 is 1. The Kier molecular flexibility index (Phi) is 5.35. The zero-order valence-corrected chi connectivity index (χ0v) is 13.3. The third kappa shape index (κ3) is 4.28. The van der Waals surface area contributed by atoms with Gasteiger partial charge in [-0.15, -0.1) is 11.3 Å². The summed E-state index contributed by atoms with van der Waals surface area (Å²) in [4.78, 5) is 0.964. The quantitative estimate of drug-likeness (QED) is 0.817. The summed E-state index contributed by atoms with van der Waals surface area (Å²) >= 11 is 1.24. The minimum atomic E-state index is -3.56. The zero-order chi connectivity index (χ0) is 15.3. The number of sulfonamides is 1. The van der Waals surface area contributed by atoms with Gasteiger partial charge >= 0.3 is 0 Å². The molecule has 0 amide bonds. The van der Waals surface area contributed by atoms with Gasteiger partial charge in [-0.1, -0.05) is 12.1 Å². The third-order valence-electron chi connectivity index (χ3n) is 2.78. The van der Waals surface area contributed by atoms with Crippen LogP contribution in [0.4, 0.5) is 5.69 Å². The standard InChI is InChI=1S/C14H18N2O3S2/c1-19-10-11-3-2-4-12(9-11)16-21(17,18)14-6-5-13(20-14)7-8-15/h2-6,9,16H,7-8,10,15H2,1H3. The molecule has 21 heavy (non-hydrogen) atoms. The van der Waals surface area contributed by atoms with Gasteiger partial charge in [0.05, 0.1) is 6.61 Å². The summed E-state index contributed by atoms with van der Waals surface area (Å²) in [6, 6.07) is 10.6. The number of anilines is 1. The molecule has 0 saturated carbocycles. The van der Waals surface area contributed by atoms with Gasteiger partial charge in [-0.3, -0.25) is 4.72 Å². The average Bonchev–Trinajstić information content (AvgIpc) is 2.89. The average molecular weight is 326 g/mol. The van der Waals surface area contributed by atoms with E-state index in [0.717, 1.165) is 10.4 Å². The van der Waals surface area contributed by atoms with Gasteiger partial charge in [0.2, 0.25) is 0 Å². The van der Waals surface area contributed by atoms with E-state index < -0.39 is 10.0 Å². The summed E-state index contributed by atoms with van der Waals surface area (Å²) in [6.45, 7) is 0.946. The Bertz CT molecular complexity index is 696. The van der Waals surface area contributed by atoms with Crippen LogP contribution in [0.2, 0.25) is 0 Å². The summed E-state index contributed by atoms with van der Waals surface area (Å²) in [5.74, 6) is 0. The van der Waals surface area contributed by atoms with Gasteiger partial charge in [0.25, 0.3) is 10.0 Å². The van der Waals surface area contributed by atoms with Crippen molar-refractivity contribution in [3.63, 3.8) is 0 Å². The second kappa shape index (κ2) is 7.04. The second-order valence-electron chi connectivity index (χ2n) is 4.50. The molecule has 0 aliphatic heterocycles. The van der Waals surface area contributed by atoms with Gasteiger partial charge < -0.3 is 10.5 Å². The molecular formula is C14H18N2O3S2. The lowest BCUT2D eigenvalue weighted by Gasteiger charge is -2.08. The highest BCUT2D eigenvalue weighted by atomic mass is 32.2. The van der Waals surface area contributed by atoms with Crippen LogP contribution in [-0.2, 0) is 27.8 Å². The minimum Gasteiger partial charge on any atom is -0.380 e. The van der Waals surface area contributed by atoms with Crippen LogP contribution in [0.15, 0.2) is 40.6 Å². The molecule has 7 heteroatoms.